The lowest BCUT2D eigenvalue weighted by Crippen LogP contribution is -2.03. The summed E-state index contributed by atoms with van der Waals surface area (Å²) in [6, 6.07) is 5.25. The fraction of sp³-hybridized carbons (Fsp3) is 0.188. The molecule has 3 heterocycles. The lowest BCUT2D eigenvalue weighted by Gasteiger charge is -2.07. The van der Waals surface area contributed by atoms with Gasteiger partial charge in [-0.15, -0.1) is 5.10 Å². The van der Waals surface area contributed by atoms with Gasteiger partial charge in [0.25, 0.3) is 0 Å². The molecule has 7 nitrogen and oxygen atoms in total. The highest BCUT2D eigenvalue weighted by Crippen LogP contribution is 2.35. The molecule has 0 atom stereocenters. The van der Waals surface area contributed by atoms with Crippen LogP contribution in [0.2, 0.25) is 0 Å². The fourth-order valence-electron chi connectivity index (χ4n) is 2.94. The molecule has 0 spiro atoms. The average molecular weight is 344 g/mol. The van der Waals surface area contributed by atoms with Gasteiger partial charge in [0.1, 0.15) is 12.2 Å². The fourth-order valence-corrected chi connectivity index (χ4v) is 2.94. The summed E-state index contributed by atoms with van der Waals surface area (Å²) in [7, 11) is 1.43. The summed E-state index contributed by atoms with van der Waals surface area (Å²) in [4.78, 5) is 8.23. The maximum absolute atomic E-state index is 14.6. The van der Waals surface area contributed by atoms with E-state index in [4.69, 9.17) is 10.5 Å². The quantitative estimate of drug-likeness (QED) is 0.615. The smallest absolute Gasteiger partial charge is 0.243 e. The molecule has 128 valence electrons. The molecule has 0 saturated carbocycles. The second-order valence-corrected chi connectivity index (χ2v) is 5.45. The maximum atomic E-state index is 14.6. The van der Waals surface area contributed by atoms with E-state index < -0.39 is 12.5 Å². The average Bonchev–Trinajstić information content (AvgIpc) is 3.14. The van der Waals surface area contributed by atoms with Crippen LogP contribution in [0.5, 0.6) is 5.88 Å². The van der Waals surface area contributed by atoms with Gasteiger partial charge in [0, 0.05) is 0 Å². The third kappa shape index (κ3) is 2.35. The molecular weight excluding hydrogens is 330 g/mol. The molecule has 0 amide bonds. The largest absolute Gasteiger partial charge is 0.479 e. The van der Waals surface area contributed by atoms with Gasteiger partial charge in [0.2, 0.25) is 11.8 Å². The predicted octanol–water partition coefficient (Wildman–Crippen LogP) is 2.45. The Hall–Kier alpha value is -3.23. The summed E-state index contributed by atoms with van der Waals surface area (Å²) < 4.78 is 35.6. The normalized spacial score (nSPS) is 11.5. The first-order valence-electron chi connectivity index (χ1n) is 7.52. The van der Waals surface area contributed by atoms with E-state index in [9.17, 15) is 8.78 Å². The highest BCUT2D eigenvalue weighted by atomic mass is 19.1. The Morgan fingerprint density at radius 2 is 2.16 bits per heavy atom. The number of nitrogens with zero attached hydrogens (tertiary/aromatic N) is 5. The van der Waals surface area contributed by atoms with Crippen LogP contribution in [0.15, 0.2) is 30.7 Å². The van der Waals surface area contributed by atoms with E-state index in [0.717, 1.165) is 0 Å². The molecule has 0 saturated heterocycles. The van der Waals surface area contributed by atoms with Crippen LogP contribution in [0.1, 0.15) is 0 Å². The van der Waals surface area contributed by atoms with Crippen molar-refractivity contribution in [1.82, 2.24) is 24.1 Å². The number of alkyl halides is 1. The van der Waals surface area contributed by atoms with Gasteiger partial charge < -0.3 is 15.0 Å². The number of hydrogen-bond donors (Lipinski definition) is 1. The zero-order valence-electron chi connectivity index (χ0n) is 13.3. The number of nitrogen functional groups attached to an aromatic ring is 1. The summed E-state index contributed by atoms with van der Waals surface area (Å²) in [5, 5.41) is 3.99. The first kappa shape index (κ1) is 15.3. The van der Waals surface area contributed by atoms with E-state index >= 15 is 0 Å². The zero-order valence-corrected chi connectivity index (χ0v) is 13.3. The molecule has 0 aliphatic heterocycles. The number of fused-ring (bicyclic) bond motifs is 2. The van der Waals surface area contributed by atoms with E-state index in [2.05, 4.69) is 15.1 Å². The van der Waals surface area contributed by atoms with Gasteiger partial charge in [-0.25, -0.2) is 18.3 Å². The number of benzene rings is 1. The van der Waals surface area contributed by atoms with Crippen molar-refractivity contribution in [2.75, 3.05) is 19.5 Å². The van der Waals surface area contributed by atoms with Crippen LogP contribution in [-0.2, 0) is 6.54 Å². The number of ether oxygens (including phenoxy) is 1. The topological polar surface area (TPSA) is 83.3 Å². The van der Waals surface area contributed by atoms with Gasteiger partial charge in [-0.1, -0.05) is 6.07 Å². The number of hydrogen-bond acceptors (Lipinski definition) is 5. The minimum atomic E-state index is -0.514. The van der Waals surface area contributed by atoms with Gasteiger partial charge in [0.15, 0.2) is 5.82 Å². The number of nitrogens with two attached hydrogens (primary N) is 1. The van der Waals surface area contributed by atoms with Crippen LogP contribution < -0.4 is 10.5 Å². The summed E-state index contributed by atoms with van der Waals surface area (Å²) in [6.45, 7) is -0.331. The molecule has 0 unspecified atom stereocenters. The van der Waals surface area contributed by atoms with Crippen LogP contribution in [0.4, 0.5) is 14.7 Å². The predicted molar refractivity (Wildman–Crippen MR) is 88.6 cm³/mol. The summed E-state index contributed by atoms with van der Waals surface area (Å²) in [6.07, 6.45) is 2.78. The molecule has 4 aromatic rings. The van der Waals surface area contributed by atoms with Crippen molar-refractivity contribution in [3.63, 3.8) is 0 Å². The van der Waals surface area contributed by atoms with E-state index in [1.807, 2.05) is 0 Å². The molecule has 3 aromatic heterocycles. The first-order valence-corrected chi connectivity index (χ1v) is 7.52. The van der Waals surface area contributed by atoms with Gasteiger partial charge in [-0.3, -0.25) is 0 Å². The van der Waals surface area contributed by atoms with Crippen LogP contribution in [-0.4, -0.2) is 37.9 Å². The molecule has 9 heteroatoms. The molecule has 0 aliphatic carbocycles. The Balaban J connectivity index is 1.99. The number of aromatic nitrogens is 5. The Morgan fingerprint density at radius 1 is 1.32 bits per heavy atom. The molecule has 1 aromatic carbocycles. The van der Waals surface area contributed by atoms with Crippen molar-refractivity contribution in [2.45, 2.75) is 6.54 Å². The highest BCUT2D eigenvalue weighted by molar-refractivity contribution is 5.90. The van der Waals surface area contributed by atoms with Crippen molar-refractivity contribution in [2.24, 2.45) is 0 Å². The summed E-state index contributed by atoms with van der Waals surface area (Å²) in [5.74, 6) is -0.347. The molecule has 0 bridgehead atoms. The standard InChI is InChI=1S/C16H14F2N6O/c1-25-15-14-13(10(18)7-24(14)22-16(19)21-15)9-2-3-11-12(6-9)23(5-4-17)8-20-11/h2-3,6-8H,4-5H2,1H3,(H2,19,22). The Bertz CT molecular complexity index is 1090. The number of imidazole rings is 1. The summed E-state index contributed by atoms with van der Waals surface area (Å²) >= 11 is 0. The number of rotatable bonds is 4. The third-order valence-corrected chi connectivity index (χ3v) is 4.00. The van der Waals surface area contributed by atoms with Gasteiger partial charge in [-0.05, 0) is 17.7 Å². The number of aryl methyl sites for hydroxylation is 1. The Labute approximate surface area is 140 Å². The Kier molecular flexibility index (Phi) is 3.48. The molecule has 25 heavy (non-hydrogen) atoms. The van der Waals surface area contributed by atoms with E-state index in [-0.39, 0.29) is 23.9 Å². The van der Waals surface area contributed by atoms with Gasteiger partial charge >= 0.3 is 0 Å². The van der Waals surface area contributed by atoms with E-state index in [1.54, 1.807) is 29.1 Å². The monoisotopic (exact) mass is 344 g/mol. The second kappa shape index (κ2) is 5.69. The van der Waals surface area contributed by atoms with Crippen molar-refractivity contribution < 1.29 is 13.5 Å². The Morgan fingerprint density at radius 3 is 2.92 bits per heavy atom. The minimum Gasteiger partial charge on any atom is -0.479 e. The van der Waals surface area contributed by atoms with Crippen LogP contribution in [0.3, 0.4) is 0 Å². The molecule has 0 fully saturated rings. The summed E-state index contributed by atoms with van der Waals surface area (Å²) in [5.41, 5.74) is 8.27. The molecule has 0 aliphatic rings. The van der Waals surface area contributed by atoms with Crippen molar-refractivity contribution in [1.29, 1.82) is 0 Å². The minimum absolute atomic E-state index is 0.0256. The van der Waals surface area contributed by atoms with Crippen molar-refractivity contribution in [3.05, 3.63) is 36.5 Å². The van der Waals surface area contributed by atoms with E-state index in [1.165, 1.54) is 17.8 Å². The lowest BCUT2D eigenvalue weighted by molar-refractivity contribution is 0.400. The van der Waals surface area contributed by atoms with Gasteiger partial charge in [0.05, 0.1) is 42.8 Å². The molecule has 4 rings (SSSR count). The SMILES string of the molecule is COc1nc(N)nn2cc(F)c(-c3ccc4ncn(CCF)c4c3)c12. The maximum Gasteiger partial charge on any atom is 0.243 e. The number of methoxy groups -OCH3 is 1. The molecule has 0 radical (unpaired) electrons. The van der Waals surface area contributed by atoms with Crippen molar-refractivity contribution >= 4 is 22.5 Å². The highest BCUT2D eigenvalue weighted by Gasteiger charge is 2.20. The van der Waals surface area contributed by atoms with E-state index in [0.29, 0.717) is 22.1 Å². The third-order valence-electron chi connectivity index (χ3n) is 4.00. The number of halogens is 2. The lowest BCUT2D eigenvalue weighted by atomic mass is 10.1. The first-order chi connectivity index (χ1) is 12.1. The van der Waals surface area contributed by atoms with Crippen LogP contribution >= 0.6 is 0 Å². The second-order valence-electron chi connectivity index (χ2n) is 5.45. The van der Waals surface area contributed by atoms with Crippen LogP contribution in [0.25, 0.3) is 27.7 Å². The number of anilines is 1. The molecular formula is C16H14F2N6O. The molecule has 2 N–H and O–H groups in total. The zero-order chi connectivity index (χ0) is 17.6. The van der Waals surface area contributed by atoms with Crippen molar-refractivity contribution in [3.8, 4) is 17.0 Å². The van der Waals surface area contributed by atoms with Crippen LogP contribution in [0, 0.1) is 5.82 Å². The van der Waals surface area contributed by atoms with Gasteiger partial charge in [-0.2, -0.15) is 4.98 Å².